The van der Waals surface area contributed by atoms with E-state index in [1.807, 2.05) is 12.3 Å². The van der Waals surface area contributed by atoms with Gasteiger partial charge in [-0.3, -0.25) is 9.88 Å². The number of benzene rings is 3. The van der Waals surface area contributed by atoms with Gasteiger partial charge in [0.1, 0.15) is 5.82 Å². The average Bonchev–Trinajstić information content (AvgIpc) is 3.38. The molecule has 5 aromatic rings. The van der Waals surface area contributed by atoms with Crippen LogP contribution in [-0.2, 0) is 26.1 Å². The van der Waals surface area contributed by atoms with E-state index in [2.05, 4.69) is 107 Å². The molecule has 0 radical (unpaired) electrons. The summed E-state index contributed by atoms with van der Waals surface area (Å²) in [6.07, 6.45) is 5.34. The molecule has 6 heteroatoms. The highest BCUT2D eigenvalue weighted by Gasteiger charge is 2.28. The van der Waals surface area contributed by atoms with Crippen LogP contribution in [0.2, 0.25) is 0 Å². The highest BCUT2D eigenvalue weighted by Crippen LogP contribution is 2.34. The number of fused-ring (bicyclic) bond motifs is 2. The van der Waals surface area contributed by atoms with Crippen LogP contribution in [0.25, 0.3) is 11.0 Å². The molecule has 1 aliphatic rings. The standard InChI is InChI=1S/C33H35N5.BrH/c1-24(27-12-3-2-4-13-27)35-21-25-10-7-11-26(20-25)22-38(23-32-36-29-16-5-6-17-30(29)37-32)31-18-8-14-28-15-9-19-34-33(28)31;/h2-7,9-13,15-17,19-20,24,31,35H,8,14,18,21-23H2,1H3,(H,36,37);1H. The molecule has 2 heterocycles. The van der Waals surface area contributed by atoms with Crippen LogP contribution in [-0.4, -0.2) is 19.9 Å². The molecule has 0 amide bonds. The summed E-state index contributed by atoms with van der Waals surface area (Å²) in [7, 11) is 0. The van der Waals surface area contributed by atoms with Gasteiger partial charge in [-0.1, -0.05) is 72.8 Å². The third-order valence-corrected chi connectivity index (χ3v) is 7.69. The number of imidazole rings is 1. The van der Waals surface area contributed by atoms with E-state index in [4.69, 9.17) is 9.97 Å². The predicted octanol–water partition coefficient (Wildman–Crippen LogP) is 7.47. The molecule has 2 N–H and O–H groups in total. The van der Waals surface area contributed by atoms with Crippen molar-refractivity contribution in [2.75, 3.05) is 0 Å². The van der Waals surface area contributed by atoms with Crippen LogP contribution in [0, 0.1) is 0 Å². The number of aromatic nitrogens is 3. The van der Waals surface area contributed by atoms with Gasteiger partial charge in [0.2, 0.25) is 0 Å². The molecule has 0 bridgehead atoms. The van der Waals surface area contributed by atoms with Crippen molar-refractivity contribution in [3.63, 3.8) is 0 Å². The zero-order valence-corrected chi connectivity index (χ0v) is 24.1. The van der Waals surface area contributed by atoms with Crippen LogP contribution in [0.15, 0.2) is 97.2 Å². The van der Waals surface area contributed by atoms with Gasteiger partial charge in [-0.05, 0) is 66.6 Å². The molecule has 0 aliphatic heterocycles. The van der Waals surface area contributed by atoms with Crippen molar-refractivity contribution in [2.24, 2.45) is 0 Å². The van der Waals surface area contributed by atoms with Gasteiger partial charge in [0, 0.05) is 25.3 Å². The van der Waals surface area contributed by atoms with E-state index in [0.29, 0.717) is 6.04 Å². The Morgan fingerprint density at radius 2 is 1.74 bits per heavy atom. The molecule has 0 saturated heterocycles. The van der Waals surface area contributed by atoms with Crippen molar-refractivity contribution < 1.29 is 0 Å². The Labute approximate surface area is 241 Å². The number of nitrogens with one attached hydrogen (secondary N) is 2. The highest BCUT2D eigenvalue weighted by molar-refractivity contribution is 8.93. The number of aryl methyl sites for hydroxylation is 1. The summed E-state index contributed by atoms with van der Waals surface area (Å²) >= 11 is 0. The first-order valence-corrected chi connectivity index (χ1v) is 13.7. The van der Waals surface area contributed by atoms with E-state index >= 15 is 0 Å². The summed E-state index contributed by atoms with van der Waals surface area (Å²) in [6, 6.07) is 32.8. The molecular formula is C33H36BrN5. The lowest BCUT2D eigenvalue weighted by molar-refractivity contribution is 0.153. The van der Waals surface area contributed by atoms with Gasteiger partial charge in [0.25, 0.3) is 0 Å². The van der Waals surface area contributed by atoms with Crippen molar-refractivity contribution in [3.8, 4) is 0 Å². The fourth-order valence-corrected chi connectivity index (χ4v) is 5.69. The zero-order valence-electron chi connectivity index (χ0n) is 22.4. The van der Waals surface area contributed by atoms with Gasteiger partial charge in [-0.15, -0.1) is 17.0 Å². The predicted molar refractivity (Wildman–Crippen MR) is 164 cm³/mol. The maximum atomic E-state index is 4.91. The average molecular weight is 583 g/mol. The van der Waals surface area contributed by atoms with E-state index in [0.717, 1.165) is 49.3 Å². The molecular weight excluding hydrogens is 546 g/mol. The monoisotopic (exact) mass is 581 g/mol. The van der Waals surface area contributed by atoms with Crippen molar-refractivity contribution >= 4 is 28.0 Å². The maximum Gasteiger partial charge on any atom is 0.121 e. The number of halogens is 1. The number of pyridine rings is 1. The Balaban J connectivity index is 0.00000308. The van der Waals surface area contributed by atoms with Crippen molar-refractivity contribution in [1.29, 1.82) is 0 Å². The number of aromatic amines is 1. The first-order valence-electron chi connectivity index (χ1n) is 13.7. The maximum absolute atomic E-state index is 4.91. The topological polar surface area (TPSA) is 56.8 Å². The van der Waals surface area contributed by atoms with Crippen molar-refractivity contribution in [1.82, 2.24) is 25.2 Å². The Hall–Kier alpha value is -3.32. The second-order valence-electron chi connectivity index (χ2n) is 10.4. The molecule has 200 valence electrons. The quantitative estimate of drug-likeness (QED) is 0.189. The number of rotatable bonds is 9. The minimum Gasteiger partial charge on any atom is -0.341 e. The molecule has 6 rings (SSSR count). The molecule has 0 saturated carbocycles. The van der Waals surface area contributed by atoms with Crippen LogP contribution in [0.5, 0.6) is 0 Å². The summed E-state index contributed by atoms with van der Waals surface area (Å²) in [5.41, 5.74) is 8.64. The van der Waals surface area contributed by atoms with Crippen molar-refractivity contribution in [3.05, 3.63) is 131 Å². The van der Waals surface area contributed by atoms with Gasteiger partial charge >= 0.3 is 0 Å². The summed E-state index contributed by atoms with van der Waals surface area (Å²) in [5.74, 6) is 1.00. The van der Waals surface area contributed by atoms with Crippen LogP contribution >= 0.6 is 17.0 Å². The molecule has 3 aromatic carbocycles. The number of nitrogens with zero attached hydrogens (tertiary/aromatic N) is 3. The minimum absolute atomic E-state index is 0. The second-order valence-corrected chi connectivity index (χ2v) is 10.4. The van der Waals surface area contributed by atoms with Gasteiger partial charge in [-0.25, -0.2) is 4.98 Å². The van der Waals surface area contributed by atoms with E-state index < -0.39 is 0 Å². The highest BCUT2D eigenvalue weighted by atomic mass is 79.9. The van der Waals surface area contributed by atoms with E-state index in [1.165, 1.54) is 34.4 Å². The van der Waals surface area contributed by atoms with E-state index in [1.54, 1.807) is 0 Å². The third kappa shape index (κ3) is 6.47. The summed E-state index contributed by atoms with van der Waals surface area (Å²) in [4.78, 5) is 15.9. The second kappa shape index (κ2) is 12.7. The zero-order chi connectivity index (χ0) is 25.7. The molecule has 0 fully saturated rings. The summed E-state index contributed by atoms with van der Waals surface area (Å²) < 4.78 is 0. The molecule has 0 spiro atoms. The minimum atomic E-state index is 0. The van der Waals surface area contributed by atoms with Gasteiger partial charge in [-0.2, -0.15) is 0 Å². The lowest BCUT2D eigenvalue weighted by atomic mass is 9.90. The fourth-order valence-electron chi connectivity index (χ4n) is 5.69. The summed E-state index contributed by atoms with van der Waals surface area (Å²) in [5, 5.41) is 3.69. The Bertz CT molecular complexity index is 1470. The molecule has 39 heavy (non-hydrogen) atoms. The van der Waals surface area contributed by atoms with E-state index in [9.17, 15) is 0 Å². The lowest BCUT2D eigenvalue weighted by Gasteiger charge is -2.34. The van der Waals surface area contributed by atoms with E-state index in [-0.39, 0.29) is 23.0 Å². The molecule has 2 aromatic heterocycles. The molecule has 2 unspecified atom stereocenters. The smallest absolute Gasteiger partial charge is 0.121 e. The largest absolute Gasteiger partial charge is 0.341 e. The Morgan fingerprint density at radius 1 is 0.923 bits per heavy atom. The van der Waals surface area contributed by atoms with Gasteiger partial charge in [0.05, 0.1) is 29.3 Å². The normalized spacial score (nSPS) is 15.6. The lowest BCUT2D eigenvalue weighted by Crippen LogP contribution is -2.32. The number of para-hydroxylation sites is 2. The molecule has 2 atom stereocenters. The Morgan fingerprint density at radius 3 is 2.62 bits per heavy atom. The number of H-pyrrole nitrogens is 1. The fraction of sp³-hybridized carbons (Fsp3) is 0.273. The third-order valence-electron chi connectivity index (χ3n) is 7.69. The number of hydrogen-bond donors (Lipinski definition) is 2. The molecule has 1 aliphatic carbocycles. The Kier molecular flexibility index (Phi) is 8.87. The van der Waals surface area contributed by atoms with Gasteiger partial charge in [0.15, 0.2) is 0 Å². The first kappa shape index (κ1) is 27.3. The van der Waals surface area contributed by atoms with Gasteiger partial charge < -0.3 is 10.3 Å². The SMILES string of the molecule is Br.CC(NCc1cccc(CN(Cc2nc3ccccc3[nH]2)C2CCCc3cccnc32)c1)c1ccccc1. The van der Waals surface area contributed by atoms with Crippen LogP contribution in [0.1, 0.15) is 65.6 Å². The van der Waals surface area contributed by atoms with Crippen LogP contribution < -0.4 is 5.32 Å². The first-order chi connectivity index (χ1) is 18.7. The van der Waals surface area contributed by atoms with Crippen molar-refractivity contribution in [2.45, 2.75) is 57.9 Å². The van der Waals surface area contributed by atoms with Crippen LogP contribution in [0.4, 0.5) is 0 Å². The van der Waals surface area contributed by atoms with Crippen LogP contribution in [0.3, 0.4) is 0 Å². The number of hydrogen-bond acceptors (Lipinski definition) is 4. The molecule has 5 nitrogen and oxygen atoms in total. The summed E-state index contributed by atoms with van der Waals surface area (Å²) in [6.45, 7) is 4.66.